The van der Waals surface area contributed by atoms with Crippen LogP contribution in [0.2, 0.25) is 0 Å². The van der Waals surface area contributed by atoms with Gasteiger partial charge in [0.15, 0.2) is 0 Å². The standard InChI is InChI=1S/C17H20N2O3S/c1-3-7-17(14-10-12-15(22-2)13-11-14)18-19-23(20,21)16-8-5-4-6-9-16/h3-6,8-13,17-19H,1,7H2,2H3/t17-/m1/s1. The van der Waals surface area contributed by atoms with Gasteiger partial charge in [-0.05, 0) is 36.2 Å². The monoisotopic (exact) mass is 332 g/mol. The molecule has 122 valence electrons. The summed E-state index contributed by atoms with van der Waals surface area (Å²) in [6.45, 7) is 3.72. The highest BCUT2D eigenvalue weighted by Crippen LogP contribution is 2.20. The molecule has 0 heterocycles. The van der Waals surface area contributed by atoms with E-state index in [1.54, 1.807) is 43.5 Å². The Morgan fingerprint density at radius 2 is 1.78 bits per heavy atom. The first kappa shape index (κ1) is 17.2. The molecule has 2 N–H and O–H groups in total. The topological polar surface area (TPSA) is 67.4 Å². The zero-order chi connectivity index (χ0) is 16.7. The molecule has 6 heteroatoms. The van der Waals surface area contributed by atoms with E-state index in [0.717, 1.165) is 11.3 Å². The van der Waals surface area contributed by atoms with Gasteiger partial charge in [0.25, 0.3) is 10.0 Å². The molecule has 5 nitrogen and oxygen atoms in total. The van der Waals surface area contributed by atoms with Crippen LogP contribution < -0.4 is 15.0 Å². The molecule has 0 saturated heterocycles. The summed E-state index contributed by atoms with van der Waals surface area (Å²) in [5.74, 6) is 0.746. The van der Waals surface area contributed by atoms with Gasteiger partial charge in [-0.3, -0.25) is 0 Å². The van der Waals surface area contributed by atoms with Crippen LogP contribution in [0.5, 0.6) is 5.75 Å². The second kappa shape index (κ2) is 7.92. The van der Waals surface area contributed by atoms with E-state index in [9.17, 15) is 8.42 Å². The predicted molar refractivity (Wildman–Crippen MR) is 90.4 cm³/mol. The molecular formula is C17H20N2O3S. The average molecular weight is 332 g/mol. The summed E-state index contributed by atoms with van der Waals surface area (Å²) in [4.78, 5) is 2.64. The molecule has 0 fully saturated rings. The van der Waals surface area contributed by atoms with Crippen LogP contribution in [0.3, 0.4) is 0 Å². The number of nitrogens with one attached hydrogen (secondary N) is 2. The summed E-state index contributed by atoms with van der Waals surface area (Å²) in [6.07, 6.45) is 2.31. The van der Waals surface area contributed by atoms with Crippen molar-refractivity contribution in [3.8, 4) is 5.75 Å². The van der Waals surface area contributed by atoms with Crippen molar-refractivity contribution >= 4 is 10.0 Å². The van der Waals surface area contributed by atoms with Crippen molar-refractivity contribution in [2.24, 2.45) is 0 Å². The lowest BCUT2D eigenvalue weighted by Gasteiger charge is -2.18. The van der Waals surface area contributed by atoms with E-state index in [-0.39, 0.29) is 10.9 Å². The van der Waals surface area contributed by atoms with E-state index in [4.69, 9.17) is 4.74 Å². The summed E-state index contributed by atoms with van der Waals surface area (Å²) in [7, 11) is -2.01. The highest BCUT2D eigenvalue weighted by molar-refractivity contribution is 7.89. The zero-order valence-electron chi connectivity index (χ0n) is 12.9. The van der Waals surface area contributed by atoms with Crippen LogP contribution in [0.15, 0.2) is 72.1 Å². The van der Waals surface area contributed by atoms with Crippen molar-refractivity contribution in [2.75, 3.05) is 7.11 Å². The maximum Gasteiger partial charge on any atom is 0.253 e. The second-order valence-corrected chi connectivity index (χ2v) is 6.60. The number of benzene rings is 2. The molecule has 0 unspecified atom stereocenters. The number of hydrogen-bond acceptors (Lipinski definition) is 4. The number of hydrogen-bond donors (Lipinski definition) is 2. The van der Waals surface area contributed by atoms with E-state index in [2.05, 4.69) is 16.8 Å². The third-order valence-corrected chi connectivity index (χ3v) is 4.62. The minimum Gasteiger partial charge on any atom is -0.497 e. The van der Waals surface area contributed by atoms with E-state index in [1.807, 2.05) is 24.3 Å². The average Bonchev–Trinajstić information content (AvgIpc) is 2.59. The lowest BCUT2D eigenvalue weighted by molar-refractivity contribution is 0.414. The lowest BCUT2D eigenvalue weighted by atomic mass is 10.0. The normalized spacial score (nSPS) is 12.6. The van der Waals surface area contributed by atoms with Gasteiger partial charge in [-0.25, -0.2) is 13.8 Å². The Labute approximate surface area is 137 Å². The molecule has 0 aliphatic heterocycles. The molecule has 2 rings (SSSR count). The number of sulfonamides is 1. The molecule has 23 heavy (non-hydrogen) atoms. The second-order valence-electron chi connectivity index (χ2n) is 4.91. The summed E-state index contributed by atoms with van der Waals surface area (Å²) in [5, 5.41) is 0. The van der Waals surface area contributed by atoms with Gasteiger partial charge in [0.1, 0.15) is 5.75 Å². The fraction of sp³-hybridized carbons (Fsp3) is 0.176. The van der Waals surface area contributed by atoms with Crippen LogP contribution in [-0.2, 0) is 10.0 Å². The van der Waals surface area contributed by atoms with Gasteiger partial charge < -0.3 is 4.74 Å². The first-order valence-corrected chi connectivity index (χ1v) is 8.62. The van der Waals surface area contributed by atoms with Crippen LogP contribution in [-0.4, -0.2) is 15.5 Å². The largest absolute Gasteiger partial charge is 0.497 e. The van der Waals surface area contributed by atoms with E-state index < -0.39 is 10.0 Å². The van der Waals surface area contributed by atoms with Gasteiger partial charge in [0.05, 0.1) is 18.0 Å². The van der Waals surface area contributed by atoms with Gasteiger partial charge in [0, 0.05) is 0 Å². The Morgan fingerprint density at radius 3 is 2.35 bits per heavy atom. The van der Waals surface area contributed by atoms with Crippen molar-refractivity contribution in [1.29, 1.82) is 0 Å². The third-order valence-electron chi connectivity index (χ3n) is 3.34. The van der Waals surface area contributed by atoms with E-state index in [1.165, 1.54) is 0 Å². The molecular weight excluding hydrogens is 312 g/mol. The maximum atomic E-state index is 12.3. The number of ether oxygens (including phenoxy) is 1. The van der Waals surface area contributed by atoms with Gasteiger partial charge >= 0.3 is 0 Å². The number of methoxy groups -OCH3 is 1. The molecule has 0 aliphatic carbocycles. The fourth-order valence-corrected chi connectivity index (χ4v) is 3.02. The quantitative estimate of drug-likeness (QED) is 0.576. The SMILES string of the molecule is C=CC[C@@H](NNS(=O)(=O)c1ccccc1)c1ccc(OC)cc1. The summed E-state index contributed by atoms with van der Waals surface area (Å²) in [6, 6.07) is 15.4. The Bertz CT molecular complexity index is 728. The Balaban J connectivity index is 2.11. The minimum absolute atomic E-state index is 0.208. The van der Waals surface area contributed by atoms with Crippen LogP contribution in [0.1, 0.15) is 18.0 Å². The minimum atomic E-state index is -3.61. The van der Waals surface area contributed by atoms with Crippen molar-refractivity contribution in [2.45, 2.75) is 17.4 Å². The fourth-order valence-electron chi connectivity index (χ4n) is 2.09. The van der Waals surface area contributed by atoms with E-state index >= 15 is 0 Å². The molecule has 0 spiro atoms. The van der Waals surface area contributed by atoms with Crippen LogP contribution in [0, 0.1) is 0 Å². The molecule has 0 radical (unpaired) electrons. The van der Waals surface area contributed by atoms with Crippen molar-refractivity contribution < 1.29 is 13.2 Å². The van der Waals surface area contributed by atoms with E-state index in [0.29, 0.717) is 6.42 Å². The van der Waals surface area contributed by atoms with Gasteiger partial charge in [-0.1, -0.05) is 36.4 Å². The van der Waals surface area contributed by atoms with Gasteiger partial charge in [-0.2, -0.15) is 0 Å². The molecule has 2 aromatic rings. The molecule has 0 amide bonds. The molecule has 0 aromatic heterocycles. The summed E-state index contributed by atoms with van der Waals surface area (Å²) < 4.78 is 29.6. The number of rotatable bonds is 8. The van der Waals surface area contributed by atoms with Crippen molar-refractivity contribution in [3.05, 3.63) is 72.8 Å². The maximum absolute atomic E-state index is 12.3. The highest BCUT2D eigenvalue weighted by atomic mass is 32.2. The third kappa shape index (κ3) is 4.66. The highest BCUT2D eigenvalue weighted by Gasteiger charge is 2.16. The first-order chi connectivity index (χ1) is 11.1. The molecule has 2 aromatic carbocycles. The molecule has 0 saturated carbocycles. The lowest BCUT2D eigenvalue weighted by Crippen LogP contribution is -2.39. The van der Waals surface area contributed by atoms with Crippen LogP contribution in [0.4, 0.5) is 0 Å². The van der Waals surface area contributed by atoms with Crippen molar-refractivity contribution in [1.82, 2.24) is 10.3 Å². The van der Waals surface area contributed by atoms with Crippen LogP contribution >= 0.6 is 0 Å². The molecule has 1 atom stereocenters. The summed E-state index contributed by atoms with van der Waals surface area (Å²) in [5.41, 5.74) is 3.80. The Hall–Kier alpha value is -2.15. The van der Waals surface area contributed by atoms with Crippen LogP contribution in [0.25, 0.3) is 0 Å². The molecule has 0 aliphatic rings. The Morgan fingerprint density at radius 1 is 1.13 bits per heavy atom. The van der Waals surface area contributed by atoms with Gasteiger partial charge in [0.2, 0.25) is 0 Å². The molecule has 0 bridgehead atoms. The van der Waals surface area contributed by atoms with Gasteiger partial charge in [-0.15, -0.1) is 11.4 Å². The predicted octanol–water partition coefficient (Wildman–Crippen LogP) is 2.80. The smallest absolute Gasteiger partial charge is 0.253 e. The first-order valence-electron chi connectivity index (χ1n) is 7.14. The Kier molecular flexibility index (Phi) is 5.92. The number of hydrazine groups is 1. The van der Waals surface area contributed by atoms with Crippen molar-refractivity contribution in [3.63, 3.8) is 0 Å². The zero-order valence-corrected chi connectivity index (χ0v) is 13.7. The summed E-state index contributed by atoms with van der Waals surface area (Å²) >= 11 is 0.